The highest BCUT2D eigenvalue weighted by Crippen LogP contribution is 2.33. The van der Waals surface area contributed by atoms with Gasteiger partial charge in [0.15, 0.2) is 5.13 Å². The van der Waals surface area contributed by atoms with E-state index in [0.717, 1.165) is 20.3 Å². The molecule has 2 heterocycles. The van der Waals surface area contributed by atoms with E-state index in [-0.39, 0.29) is 0 Å². The minimum absolute atomic E-state index is 0.886. The first-order valence-corrected chi connectivity index (χ1v) is 5.67. The second-order valence-electron chi connectivity index (χ2n) is 2.61. The van der Waals surface area contributed by atoms with E-state index in [9.17, 15) is 0 Å². The SMILES string of the molecule is CNc1nc(-c2ccccn2)c(Br)s1. The average molecular weight is 270 g/mol. The normalized spacial score (nSPS) is 10.1. The first-order valence-electron chi connectivity index (χ1n) is 4.06. The number of hydrogen-bond donors (Lipinski definition) is 1. The zero-order valence-electron chi connectivity index (χ0n) is 7.49. The van der Waals surface area contributed by atoms with Crippen LogP contribution in [0.2, 0.25) is 0 Å². The number of rotatable bonds is 2. The third kappa shape index (κ3) is 1.78. The number of hydrogen-bond acceptors (Lipinski definition) is 4. The van der Waals surface area contributed by atoms with Gasteiger partial charge in [-0.1, -0.05) is 17.4 Å². The van der Waals surface area contributed by atoms with Gasteiger partial charge < -0.3 is 5.32 Å². The van der Waals surface area contributed by atoms with Gasteiger partial charge in [-0.15, -0.1) is 0 Å². The molecule has 0 aliphatic carbocycles. The Morgan fingerprint density at radius 3 is 2.86 bits per heavy atom. The van der Waals surface area contributed by atoms with Gasteiger partial charge in [-0.3, -0.25) is 4.98 Å². The highest BCUT2D eigenvalue weighted by Gasteiger charge is 2.10. The van der Waals surface area contributed by atoms with Crippen molar-refractivity contribution in [1.82, 2.24) is 9.97 Å². The summed E-state index contributed by atoms with van der Waals surface area (Å²) in [5.74, 6) is 0. The summed E-state index contributed by atoms with van der Waals surface area (Å²) in [5, 5.41) is 3.89. The van der Waals surface area contributed by atoms with E-state index in [1.165, 1.54) is 0 Å². The Hall–Kier alpha value is -0.940. The summed E-state index contributed by atoms with van der Waals surface area (Å²) in [5.41, 5.74) is 1.78. The Morgan fingerprint density at radius 2 is 2.29 bits per heavy atom. The summed E-state index contributed by atoms with van der Waals surface area (Å²) >= 11 is 5.03. The second-order valence-corrected chi connectivity index (χ2v) is 4.92. The van der Waals surface area contributed by atoms with Crippen molar-refractivity contribution >= 4 is 32.4 Å². The fourth-order valence-corrected chi connectivity index (χ4v) is 2.48. The smallest absolute Gasteiger partial charge is 0.184 e. The molecule has 72 valence electrons. The molecule has 0 aromatic carbocycles. The summed E-state index contributed by atoms with van der Waals surface area (Å²) in [6, 6.07) is 5.79. The van der Waals surface area contributed by atoms with Crippen LogP contribution in [-0.4, -0.2) is 17.0 Å². The summed E-state index contributed by atoms with van der Waals surface area (Å²) < 4.78 is 1.00. The molecule has 0 atom stereocenters. The van der Waals surface area contributed by atoms with Crippen molar-refractivity contribution in [2.45, 2.75) is 0 Å². The molecule has 2 rings (SSSR count). The van der Waals surface area contributed by atoms with Gasteiger partial charge >= 0.3 is 0 Å². The lowest BCUT2D eigenvalue weighted by Gasteiger charge is -1.94. The van der Waals surface area contributed by atoms with E-state index < -0.39 is 0 Å². The summed E-state index contributed by atoms with van der Waals surface area (Å²) in [6.45, 7) is 0. The van der Waals surface area contributed by atoms with E-state index >= 15 is 0 Å². The molecule has 1 N–H and O–H groups in total. The molecular formula is C9H8BrN3S. The summed E-state index contributed by atoms with van der Waals surface area (Å²) in [4.78, 5) is 8.64. The van der Waals surface area contributed by atoms with Gasteiger partial charge in [-0.25, -0.2) is 4.98 Å². The van der Waals surface area contributed by atoms with Crippen LogP contribution in [-0.2, 0) is 0 Å². The number of thiazole rings is 1. The van der Waals surface area contributed by atoms with Crippen LogP contribution in [0.15, 0.2) is 28.2 Å². The van der Waals surface area contributed by atoms with Crippen molar-refractivity contribution < 1.29 is 0 Å². The molecule has 0 radical (unpaired) electrons. The number of aromatic nitrogens is 2. The molecular weight excluding hydrogens is 262 g/mol. The maximum Gasteiger partial charge on any atom is 0.184 e. The van der Waals surface area contributed by atoms with Crippen LogP contribution in [0.5, 0.6) is 0 Å². The summed E-state index contributed by atoms with van der Waals surface area (Å²) in [6.07, 6.45) is 1.76. The molecule has 0 unspecified atom stereocenters. The molecule has 0 bridgehead atoms. The van der Waals surface area contributed by atoms with Gasteiger partial charge in [-0.2, -0.15) is 0 Å². The van der Waals surface area contributed by atoms with Gasteiger partial charge in [0.05, 0.1) is 5.69 Å². The maximum atomic E-state index is 4.40. The Kier molecular flexibility index (Phi) is 2.79. The van der Waals surface area contributed by atoms with E-state index in [1.807, 2.05) is 25.2 Å². The third-order valence-electron chi connectivity index (χ3n) is 1.71. The fourth-order valence-electron chi connectivity index (χ4n) is 1.07. The lowest BCUT2D eigenvalue weighted by molar-refractivity contribution is 1.27. The Balaban J connectivity index is 2.46. The molecule has 0 saturated heterocycles. The average Bonchev–Trinajstić information content (AvgIpc) is 2.61. The lowest BCUT2D eigenvalue weighted by Crippen LogP contribution is -1.87. The maximum absolute atomic E-state index is 4.40. The Labute approximate surface area is 94.4 Å². The topological polar surface area (TPSA) is 37.8 Å². The van der Waals surface area contributed by atoms with Gasteiger partial charge in [0.1, 0.15) is 9.48 Å². The van der Waals surface area contributed by atoms with Crippen molar-refractivity contribution in [2.24, 2.45) is 0 Å². The molecule has 0 fully saturated rings. The van der Waals surface area contributed by atoms with Crippen molar-refractivity contribution in [3.05, 3.63) is 28.2 Å². The lowest BCUT2D eigenvalue weighted by atomic mass is 10.3. The minimum atomic E-state index is 0.886. The van der Waals surface area contributed by atoms with Crippen LogP contribution in [0.1, 0.15) is 0 Å². The molecule has 0 saturated carbocycles. The van der Waals surface area contributed by atoms with E-state index in [0.29, 0.717) is 0 Å². The zero-order chi connectivity index (χ0) is 9.97. The van der Waals surface area contributed by atoms with Crippen LogP contribution in [0.4, 0.5) is 5.13 Å². The monoisotopic (exact) mass is 269 g/mol. The predicted octanol–water partition coefficient (Wildman–Crippen LogP) is 3.01. The van der Waals surface area contributed by atoms with Gasteiger partial charge in [0.25, 0.3) is 0 Å². The number of nitrogens with zero attached hydrogens (tertiary/aromatic N) is 2. The van der Waals surface area contributed by atoms with Crippen molar-refractivity contribution in [3.8, 4) is 11.4 Å². The first kappa shape index (κ1) is 9.61. The van der Waals surface area contributed by atoms with Crippen molar-refractivity contribution in [1.29, 1.82) is 0 Å². The van der Waals surface area contributed by atoms with E-state index in [1.54, 1.807) is 17.5 Å². The molecule has 0 amide bonds. The number of pyridine rings is 1. The minimum Gasteiger partial charge on any atom is -0.365 e. The Morgan fingerprint density at radius 1 is 1.43 bits per heavy atom. The molecule has 2 aromatic heterocycles. The highest BCUT2D eigenvalue weighted by molar-refractivity contribution is 9.11. The fraction of sp³-hybridized carbons (Fsp3) is 0.111. The van der Waals surface area contributed by atoms with Crippen LogP contribution < -0.4 is 5.32 Å². The standard InChI is InChI=1S/C9H8BrN3S/c1-11-9-13-7(8(10)14-9)6-4-2-3-5-12-6/h2-5H,1H3,(H,11,13). The second kappa shape index (κ2) is 4.06. The van der Waals surface area contributed by atoms with Gasteiger partial charge in [-0.05, 0) is 28.1 Å². The predicted molar refractivity (Wildman–Crippen MR) is 62.6 cm³/mol. The number of halogens is 1. The van der Waals surface area contributed by atoms with Gasteiger partial charge in [0, 0.05) is 13.2 Å². The van der Waals surface area contributed by atoms with Crippen LogP contribution in [0, 0.1) is 0 Å². The van der Waals surface area contributed by atoms with Crippen molar-refractivity contribution in [3.63, 3.8) is 0 Å². The molecule has 14 heavy (non-hydrogen) atoms. The highest BCUT2D eigenvalue weighted by atomic mass is 79.9. The van der Waals surface area contributed by atoms with Gasteiger partial charge in [0.2, 0.25) is 0 Å². The quantitative estimate of drug-likeness (QED) is 0.911. The number of anilines is 1. The van der Waals surface area contributed by atoms with E-state index in [4.69, 9.17) is 0 Å². The largest absolute Gasteiger partial charge is 0.365 e. The van der Waals surface area contributed by atoms with Crippen molar-refractivity contribution in [2.75, 3.05) is 12.4 Å². The Bertz CT molecular complexity index is 427. The molecule has 5 heteroatoms. The van der Waals surface area contributed by atoms with E-state index in [2.05, 4.69) is 31.2 Å². The zero-order valence-corrected chi connectivity index (χ0v) is 9.89. The molecule has 3 nitrogen and oxygen atoms in total. The third-order valence-corrected chi connectivity index (χ3v) is 3.43. The van der Waals surface area contributed by atoms with Crippen LogP contribution in [0.3, 0.4) is 0 Å². The molecule has 0 aliphatic heterocycles. The first-order chi connectivity index (χ1) is 6.81. The molecule has 0 aliphatic rings. The van der Waals surface area contributed by atoms with Crippen LogP contribution >= 0.6 is 27.3 Å². The summed E-state index contributed by atoms with van der Waals surface area (Å²) in [7, 11) is 1.85. The number of nitrogens with one attached hydrogen (secondary N) is 1. The van der Waals surface area contributed by atoms with Crippen LogP contribution in [0.25, 0.3) is 11.4 Å². The molecule has 2 aromatic rings. The molecule has 0 spiro atoms.